The van der Waals surface area contributed by atoms with Crippen LogP contribution in [-0.4, -0.2) is 60.7 Å². The minimum Gasteiger partial charge on any atom is -0.359 e. The number of nitrogens with one attached hydrogen (secondary N) is 1. The van der Waals surface area contributed by atoms with Gasteiger partial charge in [0.2, 0.25) is 0 Å². The van der Waals surface area contributed by atoms with Crippen LogP contribution in [0.15, 0.2) is 15.6 Å². The minimum absolute atomic E-state index is 0.390. The summed E-state index contributed by atoms with van der Waals surface area (Å²) in [6.07, 6.45) is 1.23. The molecule has 1 atom stereocenters. The number of guanidine groups is 1. The summed E-state index contributed by atoms with van der Waals surface area (Å²) in [5.74, 6) is 2.93. The molecule has 0 aromatic carbocycles. The van der Waals surface area contributed by atoms with Gasteiger partial charge in [0.1, 0.15) is 0 Å². The third-order valence-electron chi connectivity index (χ3n) is 4.80. The van der Waals surface area contributed by atoms with Gasteiger partial charge in [0.25, 0.3) is 0 Å². The molecule has 0 bridgehead atoms. The molecular weight excluding hydrogens is 302 g/mol. The van der Waals surface area contributed by atoms with Crippen molar-refractivity contribution < 1.29 is 4.52 Å². The third-order valence-corrected chi connectivity index (χ3v) is 4.80. The Labute approximate surface area is 146 Å². The van der Waals surface area contributed by atoms with Gasteiger partial charge in [-0.3, -0.25) is 4.99 Å². The summed E-state index contributed by atoms with van der Waals surface area (Å²) in [5, 5.41) is 7.52. The number of hydrogen-bond acceptors (Lipinski definition) is 4. The van der Waals surface area contributed by atoms with Crippen molar-refractivity contribution in [1.29, 1.82) is 0 Å². The summed E-state index contributed by atoms with van der Waals surface area (Å²) >= 11 is 0. The van der Waals surface area contributed by atoms with Crippen LogP contribution < -0.4 is 5.32 Å². The molecule has 2 rings (SSSR count). The van der Waals surface area contributed by atoms with Crippen LogP contribution in [0.5, 0.6) is 0 Å². The molecule has 6 heteroatoms. The molecule has 1 aliphatic heterocycles. The van der Waals surface area contributed by atoms with E-state index < -0.39 is 0 Å². The highest BCUT2D eigenvalue weighted by molar-refractivity contribution is 5.80. The number of aromatic nitrogens is 1. The lowest BCUT2D eigenvalue weighted by atomic mass is 10.1. The first kappa shape index (κ1) is 18.8. The maximum absolute atomic E-state index is 5.39. The number of nitrogens with zero attached hydrogens (tertiary/aromatic N) is 4. The van der Waals surface area contributed by atoms with Crippen molar-refractivity contribution in [3.63, 3.8) is 0 Å². The molecule has 1 saturated heterocycles. The van der Waals surface area contributed by atoms with Gasteiger partial charge in [0.05, 0.1) is 12.2 Å². The topological polar surface area (TPSA) is 56.9 Å². The Morgan fingerprint density at radius 2 is 2.21 bits per heavy atom. The van der Waals surface area contributed by atoms with E-state index in [-0.39, 0.29) is 0 Å². The molecule has 0 radical (unpaired) electrons. The van der Waals surface area contributed by atoms with Crippen LogP contribution in [-0.2, 0) is 6.54 Å². The van der Waals surface area contributed by atoms with Crippen molar-refractivity contribution in [2.75, 3.05) is 39.8 Å². The van der Waals surface area contributed by atoms with Crippen LogP contribution in [0.3, 0.4) is 0 Å². The van der Waals surface area contributed by atoms with Gasteiger partial charge in [-0.15, -0.1) is 0 Å². The SMILES string of the molecule is CCN(CC)CC1CCN(C(=NC)NCc2cc(C(C)C)no2)C1. The fourth-order valence-electron chi connectivity index (χ4n) is 3.20. The van der Waals surface area contributed by atoms with E-state index in [2.05, 4.69) is 53.0 Å². The summed E-state index contributed by atoms with van der Waals surface area (Å²) in [5.41, 5.74) is 1.00. The van der Waals surface area contributed by atoms with Crippen molar-refractivity contribution in [3.8, 4) is 0 Å². The van der Waals surface area contributed by atoms with E-state index >= 15 is 0 Å². The Morgan fingerprint density at radius 1 is 1.46 bits per heavy atom. The molecule has 0 spiro atoms. The molecule has 1 aromatic heterocycles. The predicted octanol–water partition coefficient (Wildman–Crippen LogP) is 2.54. The molecule has 6 nitrogen and oxygen atoms in total. The summed E-state index contributed by atoms with van der Waals surface area (Å²) in [6.45, 7) is 14.9. The molecule has 24 heavy (non-hydrogen) atoms. The molecule has 1 aliphatic rings. The Kier molecular flexibility index (Phi) is 7.09. The Hall–Kier alpha value is -1.56. The summed E-state index contributed by atoms with van der Waals surface area (Å²) < 4.78 is 5.39. The third kappa shape index (κ3) is 4.97. The van der Waals surface area contributed by atoms with Crippen molar-refractivity contribution in [1.82, 2.24) is 20.3 Å². The number of aliphatic imine (C=N–C) groups is 1. The first-order valence-electron chi connectivity index (χ1n) is 9.20. The summed E-state index contributed by atoms with van der Waals surface area (Å²) in [6, 6.07) is 2.03. The number of rotatable bonds is 7. The maximum Gasteiger partial charge on any atom is 0.194 e. The number of hydrogen-bond donors (Lipinski definition) is 1. The molecular formula is C18H33N5O. The van der Waals surface area contributed by atoms with E-state index in [1.54, 1.807) is 0 Å². The smallest absolute Gasteiger partial charge is 0.194 e. The Balaban J connectivity index is 1.83. The van der Waals surface area contributed by atoms with Crippen LogP contribution >= 0.6 is 0 Å². The predicted molar refractivity (Wildman–Crippen MR) is 98.3 cm³/mol. The van der Waals surface area contributed by atoms with E-state index in [4.69, 9.17) is 4.52 Å². The van der Waals surface area contributed by atoms with Gasteiger partial charge >= 0.3 is 0 Å². The van der Waals surface area contributed by atoms with Gasteiger partial charge in [-0.25, -0.2) is 0 Å². The molecule has 2 heterocycles. The minimum atomic E-state index is 0.390. The average Bonchev–Trinajstić information content (AvgIpc) is 3.23. The lowest BCUT2D eigenvalue weighted by molar-refractivity contribution is 0.255. The molecule has 136 valence electrons. The molecule has 0 saturated carbocycles. The van der Waals surface area contributed by atoms with E-state index in [1.165, 1.54) is 13.0 Å². The van der Waals surface area contributed by atoms with Crippen LogP contribution in [0, 0.1) is 5.92 Å². The van der Waals surface area contributed by atoms with Gasteiger partial charge in [0, 0.05) is 32.7 Å². The van der Waals surface area contributed by atoms with Gasteiger partial charge in [-0.05, 0) is 31.3 Å². The van der Waals surface area contributed by atoms with Crippen LogP contribution in [0.25, 0.3) is 0 Å². The zero-order valence-electron chi connectivity index (χ0n) is 15.9. The summed E-state index contributed by atoms with van der Waals surface area (Å²) in [7, 11) is 1.85. The van der Waals surface area contributed by atoms with Crippen LogP contribution in [0.4, 0.5) is 0 Å². The fraction of sp³-hybridized carbons (Fsp3) is 0.778. The average molecular weight is 335 g/mol. The normalized spacial score (nSPS) is 18.9. The quantitative estimate of drug-likeness (QED) is 0.613. The first-order chi connectivity index (χ1) is 11.6. The largest absolute Gasteiger partial charge is 0.359 e. The molecule has 0 amide bonds. The Morgan fingerprint density at radius 3 is 2.79 bits per heavy atom. The highest BCUT2D eigenvalue weighted by atomic mass is 16.5. The summed E-state index contributed by atoms with van der Waals surface area (Å²) in [4.78, 5) is 9.30. The number of likely N-dealkylation sites (tertiary alicyclic amines) is 1. The maximum atomic E-state index is 5.39. The Bertz CT molecular complexity index is 521. The van der Waals surface area contributed by atoms with E-state index in [9.17, 15) is 0 Å². The van der Waals surface area contributed by atoms with Crippen molar-refractivity contribution in [2.45, 2.75) is 46.6 Å². The molecule has 0 aliphatic carbocycles. The fourth-order valence-corrected chi connectivity index (χ4v) is 3.20. The second-order valence-corrected chi connectivity index (χ2v) is 6.86. The molecule has 1 unspecified atom stereocenters. The van der Waals surface area contributed by atoms with E-state index in [0.29, 0.717) is 12.5 Å². The second-order valence-electron chi connectivity index (χ2n) is 6.86. The van der Waals surface area contributed by atoms with Gasteiger partial charge in [-0.1, -0.05) is 32.9 Å². The molecule has 1 aromatic rings. The standard InChI is InChI=1S/C18H33N5O/c1-6-22(7-2)12-15-8-9-23(13-15)18(19-5)20-11-16-10-17(14(3)4)21-24-16/h10,14-15H,6-9,11-13H2,1-5H3,(H,19,20). The van der Waals surface area contributed by atoms with E-state index in [0.717, 1.165) is 49.5 Å². The molecule has 1 fully saturated rings. The van der Waals surface area contributed by atoms with Crippen LogP contribution in [0.2, 0.25) is 0 Å². The van der Waals surface area contributed by atoms with Gasteiger partial charge in [-0.2, -0.15) is 0 Å². The van der Waals surface area contributed by atoms with Crippen molar-refractivity contribution in [2.24, 2.45) is 10.9 Å². The van der Waals surface area contributed by atoms with Crippen LogP contribution in [0.1, 0.15) is 51.5 Å². The zero-order chi connectivity index (χ0) is 17.5. The zero-order valence-corrected chi connectivity index (χ0v) is 15.9. The molecule has 1 N–H and O–H groups in total. The van der Waals surface area contributed by atoms with Crippen molar-refractivity contribution in [3.05, 3.63) is 17.5 Å². The van der Waals surface area contributed by atoms with E-state index in [1.807, 2.05) is 13.1 Å². The second kappa shape index (κ2) is 9.06. The lowest BCUT2D eigenvalue weighted by Gasteiger charge is -2.24. The highest BCUT2D eigenvalue weighted by Gasteiger charge is 2.26. The highest BCUT2D eigenvalue weighted by Crippen LogP contribution is 2.18. The monoisotopic (exact) mass is 335 g/mol. The van der Waals surface area contributed by atoms with Gasteiger partial charge < -0.3 is 19.6 Å². The van der Waals surface area contributed by atoms with Gasteiger partial charge in [0.15, 0.2) is 11.7 Å². The van der Waals surface area contributed by atoms with Crippen molar-refractivity contribution >= 4 is 5.96 Å². The first-order valence-corrected chi connectivity index (χ1v) is 9.20. The lowest BCUT2D eigenvalue weighted by Crippen LogP contribution is -2.40.